The summed E-state index contributed by atoms with van der Waals surface area (Å²) in [5.74, 6) is 0.0549. The third-order valence-corrected chi connectivity index (χ3v) is 8.60. The van der Waals surface area contributed by atoms with Crippen molar-refractivity contribution in [2.45, 2.75) is 84.0 Å². The van der Waals surface area contributed by atoms with Gasteiger partial charge in [0.15, 0.2) is 0 Å². The maximum Gasteiger partial charge on any atom is 0.336 e. The molecular formula is C23H34O6. The minimum atomic E-state index is -0.469. The number of hydrogen-bond acceptors (Lipinski definition) is 6. The molecule has 4 aliphatic rings. The second-order valence-electron chi connectivity index (χ2n) is 10.1. The van der Waals surface area contributed by atoms with Gasteiger partial charge in [0.2, 0.25) is 0 Å². The molecule has 1 unspecified atom stereocenters. The minimum Gasteiger partial charge on any atom is -0.462 e. The monoisotopic (exact) mass is 406 g/mol. The van der Waals surface area contributed by atoms with E-state index in [1.54, 1.807) is 6.92 Å². The first kappa shape index (κ1) is 20.9. The van der Waals surface area contributed by atoms with Crippen LogP contribution in [-0.4, -0.2) is 48.1 Å². The van der Waals surface area contributed by atoms with Gasteiger partial charge in [-0.1, -0.05) is 20.8 Å². The van der Waals surface area contributed by atoms with Crippen LogP contribution in [0.5, 0.6) is 0 Å². The fourth-order valence-electron chi connectivity index (χ4n) is 7.02. The lowest BCUT2D eigenvalue weighted by Crippen LogP contribution is -2.61. The van der Waals surface area contributed by atoms with Crippen LogP contribution in [0.4, 0.5) is 0 Å². The lowest BCUT2D eigenvalue weighted by Gasteiger charge is -2.62. The Kier molecular flexibility index (Phi) is 5.10. The summed E-state index contributed by atoms with van der Waals surface area (Å²) in [4.78, 5) is 24.1. The lowest BCUT2D eigenvalue weighted by molar-refractivity contribution is -0.210. The Balaban J connectivity index is 1.63. The molecule has 6 heteroatoms. The summed E-state index contributed by atoms with van der Waals surface area (Å²) in [5.41, 5.74) is -0.139. The maximum absolute atomic E-state index is 12.1. The van der Waals surface area contributed by atoms with Crippen LogP contribution >= 0.6 is 0 Å². The third-order valence-electron chi connectivity index (χ3n) is 8.60. The number of esters is 2. The van der Waals surface area contributed by atoms with Gasteiger partial charge in [-0.3, -0.25) is 4.79 Å². The molecule has 2 aliphatic carbocycles. The van der Waals surface area contributed by atoms with E-state index in [1.165, 1.54) is 0 Å². The van der Waals surface area contributed by atoms with Crippen LogP contribution in [0.1, 0.15) is 66.2 Å². The molecule has 1 N–H and O–H groups in total. The summed E-state index contributed by atoms with van der Waals surface area (Å²) in [5, 5.41) is 10.4. The van der Waals surface area contributed by atoms with E-state index in [0.717, 1.165) is 32.1 Å². The molecule has 0 spiro atoms. The Bertz CT molecular complexity index is 731. The maximum atomic E-state index is 12.1. The first-order chi connectivity index (χ1) is 13.7. The average Bonchev–Trinajstić information content (AvgIpc) is 3.27. The van der Waals surface area contributed by atoms with E-state index in [1.807, 2.05) is 6.08 Å². The molecule has 29 heavy (non-hydrogen) atoms. The summed E-state index contributed by atoms with van der Waals surface area (Å²) < 4.78 is 17.4. The van der Waals surface area contributed by atoms with Gasteiger partial charge in [0.25, 0.3) is 0 Å². The molecule has 1 saturated heterocycles. The molecular weight excluding hydrogens is 372 g/mol. The van der Waals surface area contributed by atoms with Gasteiger partial charge < -0.3 is 19.3 Å². The zero-order valence-electron chi connectivity index (χ0n) is 18.0. The van der Waals surface area contributed by atoms with Crippen molar-refractivity contribution in [2.24, 2.45) is 22.7 Å². The Morgan fingerprint density at radius 2 is 2.00 bits per heavy atom. The summed E-state index contributed by atoms with van der Waals surface area (Å²) in [6, 6.07) is 0. The van der Waals surface area contributed by atoms with Crippen LogP contribution < -0.4 is 0 Å². The van der Waals surface area contributed by atoms with Gasteiger partial charge >= 0.3 is 11.9 Å². The molecule has 2 saturated carbocycles. The van der Waals surface area contributed by atoms with Crippen molar-refractivity contribution < 1.29 is 28.9 Å². The van der Waals surface area contributed by atoms with Gasteiger partial charge in [-0.05, 0) is 62.4 Å². The fraction of sp³-hybridized carbons (Fsp3) is 0.826. The van der Waals surface area contributed by atoms with Crippen LogP contribution in [0.3, 0.4) is 0 Å². The standard InChI is InChI=1S/C23H34O6/c1-5-19(25)28-18-7-9-21(2)16(22(18,3)13-24)6-10-23(4)17(21)12-15(29-23)14-8-11-27-20(14)26/h8,15-18,24H,5-7,9-13H2,1-4H3/t15?,16-,17-,18+,21+,22-,23+/m0/s1. The summed E-state index contributed by atoms with van der Waals surface area (Å²) in [6.45, 7) is 8.71. The van der Waals surface area contributed by atoms with Gasteiger partial charge in [0.1, 0.15) is 12.7 Å². The molecule has 0 aromatic heterocycles. The number of carbonyl (C=O) groups is 2. The molecule has 0 radical (unpaired) electrons. The largest absolute Gasteiger partial charge is 0.462 e. The van der Waals surface area contributed by atoms with Crippen molar-refractivity contribution in [1.29, 1.82) is 0 Å². The van der Waals surface area contributed by atoms with Crippen molar-refractivity contribution >= 4 is 11.9 Å². The highest BCUT2D eigenvalue weighted by molar-refractivity contribution is 5.91. The molecule has 7 atom stereocenters. The van der Waals surface area contributed by atoms with Crippen LogP contribution in [0, 0.1) is 22.7 Å². The highest BCUT2D eigenvalue weighted by Gasteiger charge is 2.65. The van der Waals surface area contributed by atoms with Gasteiger partial charge in [-0.25, -0.2) is 4.79 Å². The number of cyclic esters (lactones) is 1. The molecule has 4 rings (SSSR count). The normalized spacial score (nSPS) is 46.5. The van der Waals surface area contributed by atoms with Crippen LogP contribution in [0.2, 0.25) is 0 Å². The van der Waals surface area contributed by atoms with Crippen LogP contribution in [0.25, 0.3) is 0 Å². The molecule has 2 heterocycles. The van der Waals surface area contributed by atoms with Gasteiger partial charge in [-0.15, -0.1) is 0 Å². The Hall–Kier alpha value is -1.40. The molecule has 2 aliphatic heterocycles. The third kappa shape index (κ3) is 3.05. The molecule has 0 aromatic carbocycles. The molecule has 6 nitrogen and oxygen atoms in total. The molecule has 3 fully saturated rings. The second-order valence-corrected chi connectivity index (χ2v) is 10.1. The van der Waals surface area contributed by atoms with Gasteiger partial charge in [-0.2, -0.15) is 0 Å². The van der Waals surface area contributed by atoms with E-state index in [0.29, 0.717) is 18.6 Å². The smallest absolute Gasteiger partial charge is 0.336 e. The van der Waals surface area contributed by atoms with Crippen LogP contribution in [0.15, 0.2) is 11.6 Å². The average molecular weight is 407 g/mol. The zero-order valence-corrected chi connectivity index (χ0v) is 18.0. The topological polar surface area (TPSA) is 82.1 Å². The summed E-state index contributed by atoms with van der Waals surface area (Å²) in [7, 11) is 0. The molecule has 162 valence electrons. The van der Waals surface area contributed by atoms with Crippen molar-refractivity contribution in [3.63, 3.8) is 0 Å². The molecule has 0 aromatic rings. The summed E-state index contributed by atoms with van der Waals surface area (Å²) in [6.07, 6.45) is 5.99. The van der Waals surface area contributed by atoms with E-state index >= 15 is 0 Å². The lowest BCUT2D eigenvalue weighted by atomic mass is 9.44. The minimum absolute atomic E-state index is 0.000115. The number of carbonyl (C=O) groups excluding carboxylic acids is 2. The molecule has 0 amide bonds. The predicted octanol–water partition coefficient (Wildman–Crippen LogP) is 3.16. The van der Waals surface area contributed by atoms with Crippen molar-refractivity contribution in [2.75, 3.05) is 13.2 Å². The number of aliphatic hydroxyl groups excluding tert-OH is 1. The Morgan fingerprint density at radius 3 is 2.62 bits per heavy atom. The van der Waals surface area contributed by atoms with E-state index in [-0.39, 0.29) is 53.6 Å². The second kappa shape index (κ2) is 7.09. The Labute approximate surface area is 173 Å². The first-order valence-electron chi connectivity index (χ1n) is 11.0. The van der Waals surface area contributed by atoms with E-state index in [4.69, 9.17) is 14.2 Å². The Morgan fingerprint density at radius 1 is 1.24 bits per heavy atom. The van der Waals surface area contributed by atoms with Crippen molar-refractivity contribution in [3.05, 3.63) is 11.6 Å². The number of rotatable bonds is 4. The molecule has 0 bridgehead atoms. The van der Waals surface area contributed by atoms with E-state index < -0.39 is 5.41 Å². The number of ether oxygens (including phenoxy) is 3. The highest BCUT2D eigenvalue weighted by Crippen LogP contribution is 2.66. The number of hydrogen-bond donors (Lipinski definition) is 1. The van der Waals surface area contributed by atoms with Crippen molar-refractivity contribution in [3.8, 4) is 0 Å². The van der Waals surface area contributed by atoms with Crippen LogP contribution in [-0.2, 0) is 23.8 Å². The SMILES string of the molecule is CCC(=O)O[C@@H]1CC[C@]2(C)[C@H](CC[C@@]3(C)OC(C4=CCOC4=O)C[C@@H]23)[C@]1(C)CO. The van der Waals surface area contributed by atoms with Gasteiger partial charge in [0, 0.05) is 11.8 Å². The quantitative estimate of drug-likeness (QED) is 0.722. The number of aliphatic hydroxyl groups is 1. The highest BCUT2D eigenvalue weighted by atomic mass is 16.6. The van der Waals surface area contributed by atoms with Gasteiger partial charge in [0.05, 0.1) is 23.9 Å². The predicted molar refractivity (Wildman–Crippen MR) is 106 cm³/mol. The first-order valence-corrected chi connectivity index (χ1v) is 11.0. The zero-order chi connectivity index (χ0) is 21.0. The van der Waals surface area contributed by atoms with Crippen molar-refractivity contribution in [1.82, 2.24) is 0 Å². The summed E-state index contributed by atoms with van der Waals surface area (Å²) >= 11 is 0. The fourth-order valence-corrected chi connectivity index (χ4v) is 7.02. The van der Waals surface area contributed by atoms with E-state index in [2.05, 4.69) is 20.8 Å². The van der Waals surface area contributed by atoms with E-state index in [9.17, 15) is 14.7 Å². The number of fused-ring (bicyclic) bond motifs is 3.